The molecule has 1 saturated heterocycles. The van der Waals surface area contributed by atoms with Crippen LogP contribution >= 0.6 is 0 Å². The lowest BCUT2D eigenvalue weighted by Gasteiger charge is -2.18. The van der Waals surface area contributed by atoms with Crippen molar-refractivity contribution in [1.82, 2.24) is 0 Å². The van der Waals surface area contributed by atoms with Crippen LogP contribution in [0.4, 0.5) is 22.0 Å². The second kappa shape index (κ2) is 6.78. The van der Waals surface area contributed by atoms with Crippen molar-refractivity contribution in [3.05, 3.63) is 30.1 Å². The SMILES string of the molecule is O=C(OC(F)(F)C(F)(F)F)c1ccc[n+]([C@@H]2O[C@H](CO)[C@@H](O)[C@H]2O)c1. The van der Waals surface area contributed by atoms with E-state index in [0.717, 1.165) is 22.9 Å². The van der Waals surface area contributed by atoms with Gasteiger partial charge in [-0.2, -0.15) is 26.5 Å². The summed E-state index contributed by atoms with van der Waals surface area (Å²) in [4.78, 5) is 11.5. The molecule has 0 spiro atoms. The van der Waals surface area contributed by atoms with Crippen LogP contribution in [0.25, 0.3) is 0 Å². The minimum Gasteiger partial charge on any atom is -0.394 e. The largest absolute Gasteiger partial charge is 0.501 e. The third kappa shape index (κ3) is 3.86. The number of esters is 1. The van der Waals surface area contributed by atoms with Gasteiger partial charge in [-0.05, 0) is 6.07 Å². The van der Waals surface area contributed by atoms with E-state index in [1.165, 1.54) is 6.20 Å². The fourth-order valence-corrected chi connectivity index (χ4v) is 2.13. The highest BCUT2D eigenvalue weighted by molar-refractivity contribution is 5.88. The number of aliphatic hydroxyl groups is 3. The van der Waals surface area contributed by atoms with Gasteiger partial charge in [-0.15, -0.1) is 0 Å². The van der Waals surface area contributed by atoms with Crippen LogP contribution in [0.15, 0.2) is 24.5 Å². The van der Waals surface area contributed by atoms with Gasteiger partial charge in [0.1, 0.15) is 17.8 Å². The monoisotopic (exact) mass is 374 g/mol. The number of hydrogen-bond acceptors (Lipinski definition) is 6. The van der Waals surface area contributed by atoms with Gasteiger partial charge in [-0.3, -0.25) is 0 Å². The molecule has 3 N–H and O–H groups in total. The summed E-state index contributed by atoms with van der Waals surface area (Å²) in [6.07, 6.45) is -15.2. The third-order valence-corrected chi connectivity index (χ3v) is 3.42. The molecule has 0 saturated carbocycles. The maximum Gasteiger partial charge on any atom is 0.501 e. The van der Waals surface area contributed by atoms with Gasteiger partial charge < -0.3 is 24.8 Å². The first-order valence-electron chi connectivity index (χ1n) is 6.79. The first-order chi connectivity index (χ1) is 11.5. The van der Waals surface area contributed by atoms with Crippen LogP contribution in [0, 0.1) is 0 Å². The predicted octanol–water partition coefficient (Wildman–Crippen LogP) is -0.103. The summed E-state index contributed by atoms with van der Waals surface area (Å²) >= 11 is 0. The van der Waals surface area contributed by atoms with Crippen LogP contribution in [-0.2, 0) is 9.47 Å². The molecule has 1 aromatic heterocycles. The van der Waals surface area contributed by atoms with Crippen molar-refractivity contribution in [2.24, 2.45) is 0 Å². The lowest BCUT2D eigenvalue weighted by molar-refractivity contribution is -0.765. The van der Waals surface area contributed by atoms with Crippen LogP contribution in [0.2, 0.25) is 0 Å². The smallest absolute Gasteiger partial charge is 0.394 e. The van der Waals surface area contributed by atoms with E-state index >= 15 is 0 Å². The molecule has 0 unspecified atom stereocenters. The fraction of sp³-hybridized carbons (Fsp3) is 0.538. The summed E-state index contributed by atoms with van der Waals surface area (Å²) < 4.78 is 71.1. The zero-order chi connectivity index (χ0) is 19.0. The number of alkyl halides is 5. The molecule has 0 radical (unpaired) electrons. The number of carbonyl (C=O) groups is 1. The molecule has 4 atom stereocenters. The molecule has 0 amide bonds. The molecule has 1 aromatic rings. The molecule has 1 aliphatic rings. The van der Waals surface area contributed by atoms with E-state index in [0.29, 0.717) is 0 Å². The Kier molecular flexibility index (Phi) is 5.27. The molecule has 1 aliphatic heterocycles. The van der Waals surface area contributed by atoms with Crippen molar-refractivity contribution in [2.75, 3.05) is 6.61 Å². The topological polar surface area (TPSA) is 100 Å². The van der Waals surface area contributed by atoms with E-state index in [1.54, 1.807) is 0 Å². The number of nitrogens with zero attached hydrogens (tertiary/aromatic N) is 1. The minimum absolute atomic E-state index is 0.630. The number of carbonyl (C=O) groups excluding carboxylic acids is 1. The molecular formula is C13H13F5NO6+. The first-order valence-corrected chi connectivity index (χ1v) is 6.79. The molecule has 0 aromatic carbocycles. The second-order valence-electron chi connectivity index (χ2n) is 5.17. The average molecular weight is 374 g/mol. The number of pyridine rings is 1. The number of rotatable bonds is 4. The maximum absolute atomic E-state index is 12.8. The Morgan fingerprint density at radius 2 is 1.88 bits per heavy atom. The Hall–Kier alpha value is -1.89. The molecule has 7 nitrogen and oxygen atoms in total. The molecule has 12 heteroatoms. The molecule has 1 fully saturated rings. The lowest BCUT2D eigenvalue weighted by Crippen LogP contribution is -2.46. The van der Waals surface area contributed by atoms with Crippen molar-refractivity contribution in [3.8, 4) is 0 Å². The van der Waals surface area contributed by atoms with Gasteiger partial charge in [0.25, 0.3) is 6.23 Å². The summed E-state index contributed by atoms with van der Waals surface area (Å²) in [5.41, 5.74) is -0.677. The first kappa shape index (κ1) is 19.4. The summed E-state index contributed by atoms with van der Waals surface area (Å²) in [6, 6.07) is 2.02. The van der Waals surface area contributed by atoms with Crippen molar-refractivity contribution in [3.63, 3.8) is 0 Å². The molecule has 2 heterocycles. The average Bonchev–Trinajstić information content (AvgIpc) is 2.81. The maximum atomic E-state index is 12.8. The van der Waals surface area contributed by atoms with E-state index in [1.807, 2.05) is 0 Å². The van der Waals surface area contributed by atoms with Gasteiger partial charge >= 0.3 is 18.3 Å². The minimum atomic E-state index is -6.07. The Balaban J connectivity index is 2.21. The van der Waals surface area contributed by atoms with Crippen molar-refractivity contribution < 1.29 is 56.1 Å². The van der Waals surface area contributed by atoms with Crippen molar-refractivity contribution >= 4 is 5.97 Å². The van der Waals surface area contributed by atoms with Crippen LogP contribution in [0.1, 0.15) is 16.6 Å². The normalized spacial score (nSPS) is 27.4. The van der Waals surface area contributed by atoms with E-state index in [4.69, 9.17) is 9.84 Å². The van der Waals surface area contributed by atoms with Crippen LogP contribution in [0.5, 0.6) is 0 Å². The van der Waals surface area contributed by atoms with Gasteiger partial charge in [0.2, 0.25) is 0 Å². The van der Waals surface area contributed by atoms with E-state index in [2.05, 4.69) is 4.74 Å². The highest BCUT2D eigenvalue weighted by Crippen LogP contribution is 2.36. The number of hydrogen-bond donors (Lipinski definition) is 3. The Bertz CT molecular complexity index is 640. The zero-order valence-electron chi connectivity index (χ0n) is 12.2. The molecule has 0 aliphatic carbocycles. The van der Waals surface area contributed by atoms with Crippen LogP contribution in [0.3, 0.4) is 0 Å². The number of aliphatic hydroxyl groups excluding tert-OH is 3. The van der Waals surface area contributed by atoms with E-state index < -0.39 is 55.0 Å². The van der Waals surface area contributed by atoms with Crippen molar-refractivity contribution in [2.45, 2.75) is 36.8 Å². The Morgan fingerprint density at radius 3 is 2.40 bits per heavy atom. The quantitative estimate of drug-likeness (QED) is 0.387. The molecule has 25 heavy (non-hydrogen) atoms. The van der Waals surface area contributed by atoms with Gasteiger partial charge in [0.05, 0.1) is 6.61 Å². The fourth-order valence-electron chi connectivity index (χ4n) is 2.13. The van der Waals surface area contributed by atoms with Crippen molar-refractivity contribution in [1.29, 1.82) is 0 Å². The number of aromatic nitrogens is 1. The number of halogens is 5. The Morgan fingerprint density at radius 1 is 1.24 bits per heavy atom. The van der Waals surface area contributed by atoms with Crippen LogP contribution in [-0.4, -0.2) is 58.5 Å². The third-order valence-electron chi connectivity index (χ3n) is 3.42. The highest BCUT2D eigenvalue weighted by Gasteiger charge is 2.62. The van der Waals surface area contributed by atoms with E-state index in [9.17, 15) is 37.0 Å². The zero-order valence-corrected chi connectivity index (χ0v) is 12.2. The van der Waals surface area contributed by atoms with Gasteiger partial charge in [0, 0.05) is 6.07 Å². The summed E-state index contributed by atoms with van der Waals surface area (Å²) in [5.74, 6) is -1.96. The number of ether oxygens (including phenoxy) is 2. The summed E-state index contributed by atoms with van der Waals surface area (Å²) in [5, 5.41) is 28.5. The molecule has 2 rings (SSSR count). The molecule has 140 valence electrons. The summed E-state index contributed by atoms with van der Waals surface area (Å²) in [6.45, 7) is -0.630. The summed E-state index contributed by atoms with van der Waals surface area (Å²) in [7, 11) is 0. The Labute approximate surface area is 136 Å². The predicted molar refractivity (Wildman–Crippen MR) is 66.1 cm³/mol. The lowest BCUT2D eigenvalue weighted by atomic mass is 10.1. The van der Waals surface area contributed by atoms with E-state index in [-0.39, 0.29) is 0 Å². The van der Waals surface area contributed by atoms with Crippen LogP contribution < -0.4 is 4.57 Å². The molecular weight excluding hydrogens is 361 g/mol. The second-order valence-corrected chi connectivity index (χ2v) is 5.17. The standard InChI is InChI=1S/C13H13F5NO6/c14-12(15,16)13(17,18)25-11(23)6-2-1-3-19(4-6)10-9(22)8(21)7(5-20)24-10/h1-4,7-10,20-22H,5H2/q+1/t7-,8-,9-,10-/m1/s1. The van der Waals surface area contributed by atoms with Gasteiger partial charge in [-0.25, -0.2) is 4.79 Å². The van der Waals surface area contributed by atoms with Gasteiger partial charge in [-0.1, -0.05) is 0 Å². The highest BCUT2D eigenvalue weighted by atomic mass is 19.4. The van der Waals surface area contributed by atoms with Gasteiger partial charge in [0.15, 0.2) is 18.5 Å². The molecule has 0 bridgehead atoms.